The van der Waals surface area contributed by atoms with Crippen LogP contribution in [0.3, 0.4) is 0 Å². The van der Waals surface area contributed by atoms with Crippen LogP contribution in [0.2, 0.25) is 0 Å². The Bertz CT molecular complexity index is 132. The van der Waals surface area contributed by atoms with Gasteiger partial charge < -0.3 is 5.32 Å². The maximum absolute atomic E-state index is 11.0. The molecule has 0 aliphatic rings. The molecule has 11 heavy (non-hydrogen) atoms. The summed E-state index contributed by atoms with van der Waals surface area (Å²) >= 11 is 0. The maximum Gasteiger partial charge on any atom is 0.207 e. The molecule has 0 bridgehead atoms. The van der Waals surface area contributed by atoms with Gasteiger partial charge in [0.1, 0.15) is 5.78 Å². The van der Waals surface area contributed by atoms with Crippen LogP contribution in [0.1, 0.15) is 26.7 Å². The highest BCUT2D eigenvalue weighted by Crippen LogP contribution is 2.00. The van der Waals surface area contributed by atoms with Crippen LogP contribution in [-0.2, 0) is 9.59 Å². The summed E-state index contributed by atoms with van der Waals surface area (Å²) in [4.78, 5) is 20.8. The first kappa shape index (κ1) is 10.1. The minimum Gasteiger partial charge on any atom is -0.359 e. The molecule has 0 saturated carbocycles. The lowest BCUT2D eigenvalue weighted by atomic mass is 10.1. The molecule has 1 amide bonds. The van der Waals surface area contributed by atoms with Crippen LogP contribution in [0.25, 0.3) is 0 Å². The zero-order valence-electron chi connectivity index (χ0n) is 7.09. The predicted molar refractivity (Wildman–Crippen MR) is 43.1 cm³/mol. The van der Waals surface area contributed by atoms with Gasteiger partial charge in [0.2, 0.25) is 6.41 Å². The van der Waals surface area contributed by atoms with Crippen molar-refractivity contribution in [3.8, 4) is 0 Å². The van der Waals surface area contributed by atoms with E-state index in [2.05, 4.69) is 5.32 Å². The number of ketones is 1. The summed E-state index contributed by atoms with van der Waals surface area (Å²) in [6.45, 7) is 4.37. The second kappa shape index (κ2) is 5.89. The van der Waals surface area contributed by atoms with Gasteiger partial charge in [-0.15, -0.1) is 0 Å². The summed E-state index contributed by atoms with van der Waals surface area (Å²) in [6, 6.07) is 0. The zero-order valence-corrected chi connectivity index (χ0v) is 7.09. The third kappa shape index (κ3) is 5.58. The SMILES string of the molecule is CC(C)C(=O)CCCNC=O. The van der Waals surface area contributed by atoms with Gasteiger partial charge in [0.05, 0.1) is 0 Å². The Morgan fingerprint density at radius 3 is 2.64 bits per heavy atom. The molecule has 0 unspecified atom stereocenters. The van der Waals surface area contributed by atoms with E-state index < -0.39 is 0 Å². The van der Waals surface area contributed by atoms with Crippen LogP contribution in [0, 0.1) is 5.92 Å². The van der Waals surface area contributed by atoms with E-state index in [-0.39, 0.29) is 11.7 Å². The van der Waals surface area contributed by atoms with E-state index in [9.17, 15) is 9.59 Å². The fourth-order valence-electron chi connectivity index (χ4n) is 0.712. The fraction of sp³-hybridized carbons (Fsp3) is 0.750. The molecule has 64 valence electrons. The van der Waals surface area contributed by atoms with E-state index in [1.807, 2.05) is 13.8 Å². The normalized spacial score (nSPS) is 9.73. The molecule has 0 aromatic carbocycles. The number of carbonyl (C=O) groups is 2. The van der Waals surface area contributed by atoms with Gasteiger partial charge in [-0.2, -0.15) is 0 Å². The first-order valence-electron chi connectivity index (χ1n) is 3.88. The molecule has 0 fully saturated rings. The summed E-state index contributed by atoms with van der Waals surface area (Å²) in [7, 11) is 0. The highest BCUT2D eigenvalue weighted by Gasteiger charge is 2.05. The van der Waals surface area contributed by atoms with Gasteiger partial charge in [0.15, 0.2) is 0 Å². The number of carbonyl (C=O) groups excluding carboxylic acids is 2. The minimum absolute atomic E-state index is 0.117. The Morgan fingerprint density at radius 1 is 1.55 bits per heavy atom. The van der Waals surface area contributed by atoms with Crippen molar-refractivity contribution < 1.29 is 9.59 Å². The van der Waals surface area contributed by atoms with Gasteiger partial charge in [-0.1, -0.05) is 13.8 Å². The van der Waals surface area contributed by atoms with E-state index in [1.165, 1.54) is 0 Å². The molecule has 0 aliphatic carbocycles. The molecular weight excluding hydrogens is 142 g/mol. The summed E-state index contributed by atoms with van der Waals surface area (Å²) in [6.07, 6.45) is 1.97. The number of Topliss-reactive ketones (excluding diaryl/α,β-unsaturated/α-hetero) is 1. The maximum atomic E-state index is 11.0. The predicted octanol–water partition coefficient (Wildman–Crippen LogP) is 0.738. The topological polar surface area (TPSA) is 46.2 Å². The molecule has 0 aromatic rings. The monoisotopic (exact) mass is 157 g/mol. The van der Waals surface area contributed by atoms with Crippen LogP contribution in [0.15, 0.2) is 0 Å². The van der Waals surface area contributed by atoms with Crippen LogP contribution in [0.4, 0.5) is 0 Å². The van der Waals surface area contributed by atoms with Crippen LogP contribution >= 0.6 is 0 Å². The number of rotatable bonds is 6. The molecule has 0 heterocycles. The lowest BCUT2D eigenvalue weighted by Crippen LogP contribution is -2.15. The average molecular weight is 157 g/mol. The summed E-state index contributed by atoms with van der Waals surface area (Å²) < 4.78 is 0. The quantitative estimate of drug-likeness (QED) is 0.456. The summed E-state index contributed by atoms with van der Waals surface area (Å²) in [5.41, 5.74) is 0. The third-order valence-electron chi connectivity index (χ3n) is 1.47. The second-order valence-corrected chi connectivity index (χ2v) is 2.80. The first-order valence-corrected chi connectivity index (χ1v) is 3.88. The van der Waals surface area contributed by atoms with Crippen molar-refractivity contribution in [3.05, 3.63) is 0 Å². The van der Waals surface area contributed by atoms with Gasteiger partial charge >= 0.3 is 0 Å². The van der Waals surface area contributed by atoms with Crippen molar-refractivity contribution in [2.75, 3.05) is 6.54 Å². The van der Waals surface area contributed by atoms with Crippen molar-refractivity contribution in [1.29, 1.82) is 0 Å². The van der Waals surface area contributed by atoms with Gasteiger partial charge in [-0.25, -0.2) is 0 Å². The zero-order chi connectivity index (χ0) is 8.69. The van der Waals surface area contributed by atoms with E-state index >= 15 is 0 Å². The molecule has 3 nitrogen and oxygen atoms in total. The highest BCUT2D eigenvalue weighted by atomic mass is 16.1. The molecule has 1 N–H and O–H groups in total. The number of hydrogen-bond donors (Lipinski definition) is 1. The molecule has 0 saturated heterocycles. The smallest absolute Gasteiger partial charge is 0.207 e. The summed E-state index contributed by atoms with van der Waals surface area (Å²) in [5.74, 6) is 0.379. The van der Waals surface area contributed by atoms with E-state index in [0.29, 0.717) is 19.4 Å². The number of hydrogen-bond acceptors (Lipinski definition) is 2. The first-order chi connectivity index (χ1) is 5.18. The van der Waals surface area contributed by atoms with Crippen molar-refractivity contribution in [1.82, 2.24) is 5.32 Å². The van der Waals surface area contributed by atoms with Crippen molar-refractivity contribution in [3.63, 3.8) is 0 Å². The Labute approximate surface area is 67.2 Å². The Hall–Kier alpha value is -0.860. The van der Waals surface area contributed by atoms with Crippen molar-refractivity contribution in [2.24, 2.45) is 5.92 Å². The molecule has 3 heteroatoms. The van der Waals surface area contributed by atoms with E-state index in [1.54, 1.807) is 0 Å². The highest BCUT2D eigenvalue weighted by molar-refractivity contribution is 5.80. The third-order valence-corrected chi connectivity index (χ3v) is 1.47. The minimum atomic E-state index is 0.117. The van der Waals surface area contributed by atoms with Crippen LogP contribution in [0.5, 0.6) is 0 Å². The molecule has 0 aromatic heterocycles. The van der Waals surface area contributed by atoms with Crippen molar-refractivity contribution >= 4 is 12.2 Å². The fourth-order valence-corrected chi connectivity index (χ4v) is 0.712. The Balaban J connectivity index is 3.24. The molecular formula is C8H15NO2. The van der Waals surface area contributed by atoms with Gasteiger partial charge in [0, 0.05) is 18.9 Å². The Morgan fingerprint density at radius 2 is 2.18 bits per heavy atom. The molecule has 0 atom stereocenters. The molecule has 0 rings (SSSR count). The Kier molecular flexibility index (Phi) is 5.43. The molecule has 0 aliphatic heterocycles. The standard InChI is InChI=1S/C8H15NO2/c1-7(2)8(11)4-3-5-9-6-10/h6-7H,3-5H2,1-2H3,(H,9,10). The molecule has 0 radical (unpaired) electrons. The van der Waals surface area contributed by atoms with E-state index in [0.717, 1.165) is 6.42 Å². The van der Waals surface area contributed by atoms with Gasteiger partial charge in [-0.3, -0.25) is 9.59 Å². The van der Waals surface area contributed by atoms with Crippen LogP contribution in [-0.4, -0.2) is 18.7 Å². The van der Waals surface area contributed by atoms with Crippen LogP contribution < -0.4 is 5.32 Å². The average Bonchev–Trinajstić information content (AvgIpc) is 1.97. The number of nitrogens with one attached hydrogen (secondary N) is 1. The van der Waals surface area contributed by atoms with Crippen molar-refractivity contribution in [2.45, 2.75) is 26.7 Å². The van der Waals surface area contributed by atoms with Gasteiger partial charge in [0.25, 0.3) is 0 Å². The summed E-state index contributed by atoms with van der Waals surface area (Å²) in [5, 5.41) is 2.51. The van der Waals surface area contributed by atoms with Gasteiger partial charge in [-0.05, 0) is 6.42 Å². The lowest BCUT2D eigenvalue weighted by molar-refractivity contribution is -0.122. The van der Waals surface area contributed by atoms with E-state index in [4.69, 9.17) is 0 Å². The molecule has 0 spiro atoms. The lowest BCUT2D eigenvalue weighted by Gasteiger charge is -2.02. The number of amides is 1. The second-order valence-electron chi connectivity index (χ2n) is 2.80. The largest absolute Gasteiger partial charge is 0.359 e.